The molecular weight excluding hydrogens is 399 g/mol. The van der Waals surface area contributed by atoms with Gasteiger partial charge in [0.1, 0.15) is 0 Å². The van der Waals surface area contributed by atoms with Gasteiger partial charge in [0.2, 0.25) is 0 Å². The molecule has 2 aromatic carbocycles. The van der Waals surface area contributed by atoms with Crippen LogP contribution in [0.1, 0.15) is 11.1 Å². The summed E-state index contributed by atoms with van der Waals surface area (Å²) in [5.74, 6) is 0.741. The number of rotatable bonds is 4. The van der Waals surface area contributed by atoms with E-state index in [0.29, 0.717) is 16.9 Å². The number of methoxy groups -OCH3 is 2. The molecule has 150 valence electrons. The summed E-state index contributed by atoms with van der Waals surface area (Å²) < 4.78 is 51.1. The van der Waals surface area contributed by atoms with Crippen molar-refractivity contribution < 1.29 is 22.6 Å². The molecule has 1 heterocycles. The van der Waals surface area contributed by atoms with Crippen LogP contribution in [-0.2, 0) is 12.7 Å². The van der Waals surface area contributed by atoms with Crippen molar-refractivity contribution in [1.82, 2.24) is 9.78 Å². The van der Waals surface area contributed by atoms with Gasteiger partial charge in [0.05, 0.1) is 37.1 Å². The third-order valence-corrected chi connectivity index (χ3v) is 4.15. The normalized spacial score (nSPS) is 11.2. The Labute approximate surface area is 164 Å². The fraction of sp³-hybridized carbons (Fsp3) is 0.222. The summed E-state index contributed by atoms with van der Waals surface area (Å²) in [7, 11) is 2.88. The molecule has 0 unspecified atom stereocenters. The van der Waals surface area contributed by atoms with Gasteiger partial charge in [0, 0.05) is 11.9 Å². The zero-order valence-electron chi connectivity index (χ0n) is 14.9. The lowest BCUT2D eigenvalue weighted by Gasteiger charge is -2.14. The van der Waals surface area contributed by atoms with Gasteiger partial charge >= 0.3 is 6.18 Å². The summed E-state index contributed by atoms with van der Waals surface area (Å²) in [5.41, 5.74) is 3.83. The molecule has 3 rings (SSSR count). The van der Waals surface area contributed by atoms with Crippen LogP contribution < -0.4 is 20.8 Å². The number of nitrogens with two attached hydrogens (primary N) is 1. The van der Waals surface area contributed by atoms with E-state index in [4.69, 9.17) is 15.2 Å². The van der Waals surface area contributed by atoms with Crippen LogP contribution >= 0.6 is 12.4 Å². The van der Waals surface area contributed by atoms with Gasteiger partial charge in [0.25, 0.3) is 5.56 Å². The Hall–Kier alpha value is -2.78. The fourth-order valence-corrected chi connectivity index (χ4v) is 2.80. The molecule has 1 aromatic heterocycles. The molecule has 0 bridgehead atoms. The third-order valence-electron chi connectivity index (χ3n) is 4.15. The van der Waals surface area contributed by atoms with Crippen molar-refractivity contribution in [1.29, 1.82) is 0 Å². The minimum atomic E-state index is -4.60. The standard InChI is InChI=1S/C18H16F3N3O3.ClH/c1-26-15-5-11-9-23-24(17(25)13(11)7-16(15)27-2)12-4-3-10(8-22)14(6-12)18(19,20)21;/h3-7,9H,8,22H2,1-2H3;1H. The molecule has 0 fully saturated rings. The number of nitrogens with zero attached hydrogens (tertiary/aromatic N) is 2. The number of aromatic nitrogens is 2. The lowest BCUT2D eigenvalue weighted by molar-refractivity contribution is -0.138. The van der Waals surface area contributed by atoms with E-state index in [1.54, 1.807) is 6.07 Å². The number of hydrogen-bond donors (Lipinski definition) is 1. The Morgan fingerprint density at radius 1 is 1.11 bits per heavy atom. The SMILES string of the molecule is COc1cc2cnn(-c3ccc(CN)c(C(F)(F)F)c3)c(=O)c2cc1OC.Cl. The van der Waals surface area contributed by atoms with Gasteiger partial charge in [-0.3, -0.25) is 4.79 Å². The Bertz CT molecular complexity index is 1070. The summed E-state index contributed by atoms with van der Waals surface area (Å²) >= 11 is 0. The highest BCUT2D eigenvalue weighted by Gasteiger charge is 2.33. The molecule has 0 aliphatic heterocycles. The van der Waals surface area contributed by atoms with E-state index in [2.05, 4.69) is 5.10 Å². The lowest BCUT2D eigenvalue weighted by atomic mass is 10.1. The molecule has 0 spiro atoms. The molecule has 0 aliphatic carbocycles. The average molecular weight is 416 g/mol. The Morgan fingerprint density at radius 2 is 1.75 bits per heavy atom. The molecule has 6 nitrogen and oxygen atoms in total. The maximum atomic E-state index is 13.3. The highest BCUT2D eigenvalue weighted by Crippen LogP contribution is 2.34. The van der Waals surface area contributed by atoms with Gasteiger partial charge in [-0.05, 0) is 29.8 Å². The molecule has 0 radical (unpaired) electrons. The van der Waals surface area contributed by atoms with Crippen molar-refractivity contribution in [3.63, 3.8) is 0 Å². The number of fused-ring (bicyclic) bond motifs is 1. The molecule has 0 saturated heterocycles. The van der Waals surface area contributed by atoms with Crippen molar-refractivity contribution in [2.75, 3.05) is 14.2 Å². The molecule has 28 heavy (non-hydrogen) atoms. The van der Waals surface area contributed by atoms with Crippen molar-refractivity contribution >= 4 is 23.2 Å². The van der Waals surface area contributed by atoms with Crippen molar-refractivity contribution in [2.45, 2.75) is 12.7 Å². The average Bonchev–Trinajstić information content (AvgIpc) is 2.66. The second-order valence-electron chi connectivity index (χ2n) is 5.70. The quantitative estimate of drug-likeness (QED) is 0.707. The van der Waals surface area contributed by atoms with Crippen molar-refractivity contribution in [3.05, 3.63) is 58.0 Å². The van der Waals surface area contributed by atoms with Gasteiger partial charge in [-0.2, -0.15) is 23.0 Å². The second-order valence-corrected chi connectivity index (χ2v) is 5.70. The fourth-order valence-electron chi connectivity index (χ4n) is 2.80. The first-order valence-corrected chi connectivity index (χ1v) is 7.84. The first kappa shape index (κ1) is 21.5. The van der Waals surface area contributed by atoms with Crippen LogP contribution in [0.2, 0.25) is 0 Å². The summed E-state index contributed by atoms with van der Waals surface area (Å²) in [6.07, 6.45) is -3.22. The predicted molar refractivity (Wildman–Crippen MR) is 101 cm³/mol. The highest BCUT2D eigenvalue weighted by molar-refractivity contribution is 5.85. The Morgan fingerprint density at radius 3 is 2.32 bits per heavy atom. The van der Waals surface area contributed by atoms with Crippen LogP contribution in [0.25, 0.3) is 16.5 Å². The molecule has 10 heteroatoms. The number of benzene rings is 2. The molecule has 0 amide bonds. The highest BCUT2D eigenvalue weighted by atomic mass is 35.5. The maximum absolute atomic E-state index is 13.3. The van der Waals surface area contributed by atoms with Gasteiger partial charge in [-0.25, -0.2) is 0 Å². The number of hydrogen-bond acceptors (Lipinski definition) is 5. The van der Waals surface area contributed by atoms with Crippen molar-refractivity contribution in [3.8, 4) is 17.2 Å². The summed E-state index contributed by atoms with van der Waals surface area (Å²) in [4.78, 5) is 12.8. The number of alkyl halides is 3. The Kier molecular flexibility index (Phi) is 6.20. The maximum Gasteiger partial charge on any atom is 0.416 e. The first-order chi connectivity index (χ1) is 12.8. The smallest absolute Gasteiger partial charge is 0.416 e. The van der Waals surface area contributed by atoms with Gasteiger partial charge in [0.15, 0.2) is 11.5 Å². The molecule has 2 N–H and O–H groups in total. The summed E-state index contributed by atoms with van der Waals surface area (Å²) in [6.45, 7) is -0.272. The number of halogens is 4. The topological polar surface area (TPSA) is 79.4 Å². The zero-order chi connectivity index (χ0) is 19.8. The van der Waals surface area contributed by atoms with Crippen LogP contribution in [0.15, 0.2) is 41.3 Å². The molecular formula is C18H17ClF3N3O3. The minimum absolute atomic E-state index is 0. The van der Waals surface area contributed by atoms with Crippen LogP contribution in [0.5, 0.6) is 11.5 Å². The monoisotopic (exact) mass is 415 g/mol. The van der Waals surface area contributed by atoms with E-state index in [-0.39, 0.29) is 35.6 Å². The minimum Gasteiger partial charge on any atom is -0.493 e. The summed E-state index contributed by atoms with van der Waals surface area (Å²) in [5, 5.41) is 4.71. The molecule has 0 saturated carbocycles. The van der Waals surface area contributed by atoms with E-state index in [1.807, 2.05) is 0 Å². The summed E-state index contributed by atoms with van der Waals surface area (Å²) in [6, 6.07) is 6.52. The van der Waals surface area contributed by atoms with Gasteiger partial charge in [-0.1, -0.05) is 6.07 Å². The van der Waals surface area contributed by atoms with Crippen LogP contribution in [-0.4, -0.2) is 24.0 Å². The van der Waals surface area contributed by atoms with Gasteiger partial charge < -0.3 is 15.2 Å². The molecule has 0 atom stereocenters. The van der Waals surface area contributed by atoms with E-state index >= 15 is 0 Å². The Balaban J connectivity index is 0.00000280. The van der Waals surface area contributed by atoms with Crippen LogP contribution in [0.4, 0.5) is 13.2 Å². The third kappa shape index (κ3) is 3.76. The van der Waals surface area contributed by atoms with Crippen LogP contribution in [0.3, 0.4) is 0 Å². The van der Waals surface area contributed by atoms with E-state index < -0.39 is 17.3 Å². The van der Waals surface area contributed by atoms with Crippen molar-refractivity contribution in [2.24, 2.45) is 5.73 Å². The second kappa shape index (κ2) is 8.07. The zero-order valence-corrected chi connectivity index (χ0v) is 15.7. The van der Waals surface area contributed by atoms with Gasteiger partial charge in [-0.15, -0.1) is 12.4 Å². The van der Waals surface area contributed by atoms with E-state index in [9.17, 15) is 18.0 Å². The van der Waals surface area contributed by atoms with E-state index in [1.165, 1.54) is 38.6 Å². The first-order valence-electron chi connectivity index (χ1n) is 7.84. The number of ether oxygens (including phenoxy) is 2. The predicted octanol–water partition coefficient (Wildman–Crippen LogP) is 3.30. The largest absolute Gasteiger partial charge is 0.493 e. The lowest BCUT2D eigenvalue weighted by Crippen LogP contribution is -2.22. The van der Waals surface area contributed by atoms with E-state index in [0.717, 1.165) is 10.7 Å². The molecule has 0 aliphatic rings. The van der Waals surface area contributed by atoms with Crippen LogP contribution in [0, 0.1) is 0 Å². The molecule has 3 aromatic rings.